The Morgan fingerprint density at radius 2 is 1.75 bits per heavy atom. The molecular formula is C14H20N2. The lowest BCUT2D eigenvalue weighted by atomic mass is 10.1. The van der Waals surface area contributed by atoms with E-state index in [-0.39, 0.29) is 0 Å². The van der Waals surface area contributed by atoms with Crippen molar-refractivity contribution in [3.05, 3.63) is 35.4 Å². The molecule has 0 aliphatic carbocycles. The second-order valence-electron chi connectivity index (χ2n) is 4.09. The van der Waals surface area contributed by atoms with Crippen molar-refractivity contribution in [1.82, 2.24) is 4.98 Å². The lowest BCUT2D eigenvalue weighted by Gasteiger charge is -2.03. The predicted octanol–water partition coefficient (Wildman–Crippen LogP) is 3.85. The molecule has 0 atom stereocenters. The van der Waals surface area contributed by atoms with Crippen molar-refractivity contribution >= 4 is 16.7 Å². The summed E-state index contributed by atoms with van der Waals surface area (Å²) in [4.78, 5) is 4.29. The molecule has 86 valence electrons. The summed E-state index contributed by atoms with van der Waals surface area (Å²) in [6.07, 6.45) is 1.25. The van der Waals surface area contributed by atoms with Gasteiger partial charge in [0.2, 0.25) is 0 Å². The normalized spacial score (nSPS) is 9.75. The van der Waals surface area contributed by atoms with Crippen LogP contribution in [0.1, 0.15) is 31.4 Å². The standard InChI is InChI=1S/C11H12N2.C3H8/c1-7-3-4-10-9(5-7)6-8(2)11(12)13-10;1-3-2/h3-6H,1-2H3,(H2,12,13);3H2,1-2H3. The number of nitrogens with two attached hydrogens (primary N) is 1. The molecule has 0 aliphatic heterocycles. The van der Waals surface area contributed by atoms with Crippen LogP contribution in [0.25, 0.3) is 10.9 Å². The number of hydrogen-bond donors (Lipinski definition) is 1. The zero-order valence-electron chi connectivity index (χ0n) is 10.5. The number of fused-ring (bicyclic) bond motifs is 1. The maximum atomic E-state index is 5.71. The Labute approximate surface area is 97.5 Å². The summed E-state index contributed by atoms with van der Waals surface area (Å²) in [6, 6.07) is 8.24. The van der Waals surface area contributed by atoms with E-state index >= 15 is 0 Å². The second kappa shape index (κ2) is 5.50. The van der Waals surface area contributed by atoms with Gasteiger partial charge in [-0.25, -0.2) is 4.98 Å². The summed E-state index contributed by atoms with van der Waals surface area (Å²) >= 11 is 0. The molecule has 0 radical (unpaired) electrons. The van der Waals surface area contributed by atoms with Gasteiger partial charge in [0.25, 0.3) is 0 Å². The van der Waals surface area contributed by atoms with Crippen LogP contribution >= 0.6 is 0 Å². The van der Waals surface area contributed by atoms with Crippen LogP contribution < -0.4 is 5.73 Å². The molecule has 2 rings (SSSR count). The molecule has 0 unspecified atom stereocenters. The molecule has 2 aromatic rings. The molecule has 2 N–H and O–H groups in total. The molecule has 0 saturated carbocycles. The Balaban J connectivity index is 0.000000386. The highest BCUT2D eigenvalue weighted by Crippen LogP contribution is 2.18. The number of rotatable bonds is 0. The minimum atomic E-state index is 0.622. The van der Waals surface area contributed by atoms with E-state index in [1.54, 1.807) is 0 Å². The Morgan fingerprint density at radius 1 is 1.12 bits per heavy atom. The van der Waals surface area contributed by atoms with Crippen molar-refractivity contribution in [2.45, 2.75) is 34.1 Å². The topological polar surface area (TPSA) is 38.9 Å². The van der Waals surface area contributed by atoms with Crippen molar-refractivity contribution in [2.75, 3.05) is 5.73 Å². The molecule has 16 heavy (non-hydrogen) atoms. The third-order valence-corrected chi connectivity index (χ3v) is 2.20. The molecule has 1 aromatic heterocycles. The molecule has 0 bridgehead atoms. The minimum absolute atomic E-state index is 0.622. The van der Waals surface area contributed by atoms with E-state index in [4.69, 9.17) is 5.73 Å². The van der Waals surface area contributed by atoms with Gasteiger partial charge in [-0.05, 0) is 37.6 Å². The second-order valence-corrected chi connectivity index (χ2v) is 4.09. The van der Waals surface area contributed by atoms with E-state index in [1.165, 1.54) is 12.0 Å². The summed E-state index contributed by atoms with van der Waals surface area (Å²) in [5.41, 5.74) is 8.97. The highest BCUT2D eigenvalue weighted by atomic mass is 14.8. The first-order valence-corrected chi connectivity index (χ1v) is 5.72. The van der Waals surface area contributed by atoms with Gasteiger partial charge in [0.05, 0.1) is 5.52 Å². The van der Waals surface area contributed by atoms with Crippen LogP contribution in [0.3, 0.4) is 0 Å². The quantitative estimate of drug-likeness (QED) is 0.726. The third kappa shape index (κ3) is 2.96. The van der Waals surface area contributed by atoms with Crippen LogP contribution in [0, 0.1) is 13.8 Å². The average molecular weight is 216 g/mol. The number of pyridine rings is 1. The number of nitrogens with zero attached hydrogens (tertiary/aromatic N) is 1. The van der Waals surface area contributed by atoms with Crippen LogP contribution in [-0.2, 0) is 0 Å². The monoisotopic (exact) mass is 216 g/mol. The summed E-state index contributed by atoms with van der Waals surface area (Å²) in [7, 11) is 0. The van der Waals surface area contributed by atoms with E-state index in [0.29, 0.717) is 5.82 Å². The fraction of sp³-hybridized carbons (Fsp3) is 0.357. The average Bonchev–Trinajstić information content (AvgIpc) is 2.21. The number of nitrogen functional groups attached to an aromatic ring is 1. The highest BCUT2D eigenvalue weighted by molar-refractivity contribution is 5.81. The van der Waals surface area contributed by atoms with Gasteiger partial charge in [-0.15, -0.1) is 0 Å². The predicted molar refractivity (Wildman–Crippen MR) is 71.6 cm³/mol. The fourth-order valence-electron chi connectivity index (χ4n) is 1.42. The van der Waals surface area contributed by atoms with Crippen molar-refractivity contribution in [3.8, 4) is 0 Å². The van der Waals surface area contributed by atoms with Gasteiger partial charge in [0.1, 0.15) is 5.82 Å². The maximum Gasteiger partial charge on any atom is 0.127 e. The molecule has 1 aromatic carbocycles. The van der Waals surface area contributed by atoms with Crippen molar-refractivity contribution in [2.24, 2.45) is 0 Å². The Morgan fingerprint density at radius 3 is 2.38 bits per heavy atom. The summed E-state index contributed by atoms with van der Waals surface area (Å²) in [5, 5.41) is 1.16. The van der Waals surface area contributed by atoms with Crippen molar-refractivity contribution < 1.29 is 0 Å². The summed E-state index contributed by atoms with van der Waals surface area (Å²) in [5.74, 6) is 0.622. The van der Waals surface area contributed by atoms with Gasteiger partial charge >= 0.3 is 0 Å². The van der Waals surface area contributed by atoms with E-state index < -0.39 is 0 Å². The van der Waals surface area contributed by atoms with Crippen LogP contribution in [0.2, 0.25) is 0 Å². The number of aryl methyl sites for hydroxylation is 2. The van der Waals surface area contributed by atoms with Gasteiger partial charge in [0, 0.05) is 5.39 Å². The Bertz CT molecular complexity index is 475. The first-order chi connectivity index (χ1) is 7.58. The Kier molecular flexibility index (Phi) is 4.29. The minimum Gasteiger partial charge on any atom is -0.383 e. The van der Waals surface area contributed by atoms with Gasteiger partial charge in [-0.1, -0.05) is 31.9 Å². The van der Waals surface area contributed by atoms with Gasteiger partial charge < -0.3 is 5.73 Å². The van der Waals surface area contributed by atoms with Crippen molar-refractivity contribution in [1.29, 1.82) is 0 Å². The van der Waals surface area contributed by atoms with Crippen LogP contribution in [0.15, 0.2) is 24.3 Å². The largest absolute Gasteiger partial charge is 0.383 e. The molecule has 0 saturated heterocycles. The van der Waals surface area contributed by atoms with Gasteiger partial charge in [-0.3, -0.25) is 0 Å². The molecule has 2 heteroatoms. The maximum absolute atomic E-state index is 5.71. The molecular weight excluding hydrogens is 196 g/mol. The van der Waals surface area contributed by atoms with E-state index in [1.807, 2.05) is 19.1 Å². The SMILES string of the molecule is CCC.Cc1ccc2nc(N)c(C)cc2c1. The zero-order valence-corrected chi connectivity index (χ0v) is 10.5. The molecule has 0 fully saturated rings. The Hall–Kier alpha value is -1.57. The fourth-order valence-corrected chi connectivity index (χ4v) is 1.42. The zero-order chi connectivity index (χ0) is 12.1. The number of anilines is 1. The first-order valence-electron chi connectivity index (χ1n) is 5.72. The smallest absolute Gasteiger partial charge is 0.127 e. The molecule has 1 heterocycles. The molecule has 0 spiro atoms. The summed E-state index contributed by atoms with van der Waals surface area (Å²) in [6.45, 7) is 8.30. The third-order valence-electron chi connectivity index (χ3n) is 2.20. The number of hydrogen-bond acceptors (Lipinski definition) is 2. The molecule has 0 aliphatic rings. The molecule has 0 amide bonds. The first kappa shape index (κ1) is 12.5. The van der Waals surface area contributed by atoms with Crippen molar-refractivity contribution in [3.63, 3.8) is 0 Å². The van der Waals surface area contributed by atoms with E-state index in [2.05, 4.69) is 37.9 Å². The van der Waals surface area contributed by atoms with E-state index in [0.717, 1.165) is 16.5 Å². The van der Waals surface area contributed by atoms with E-state index in [9.17, 15) is 0 Å². The van der Waals surface area contributed by atoms with Crippen LogP contribution in [0.5, 0.6) is 0 Å². The lowest BCUT2D eigenvalue weighted by Crippen LogP contribution is -1.94. The van der Waals surface area contributed by atoms with Gasteiger partial charge in [0.15, 0.2) is 0 Å². The van der Waals surface area contributed by atoms with Gasteiger partial charge in [-0.2, -0.15) is 0 Å². The summed E-state index contributed by atoms with van der Waals surface area (Å²) < 4.78 is 0. The lowest BCUT2D eigenvalue weighted by molar-refractivity contribution is 1.09. The van der Waals surface area contributed by atoms with Crippen LogP contribution in [0.4, 0.5) is 5.82 Å². The highest BCUT2D eigenvalue weighted by Gasteiger charge is 1.99. The number of aromatic nitrogens is 1. The van der Waals surface area contributed by atoms with Crippen LogP contribution in [-0.4, -0.2) is 4.98 Å². The molecule has 2 nitrogen and oxygen atoms in total. The number of benzene rings is 1.